The molecular formula is C8H14FN. The van der Waals surface area contributed by atoms with Crippen molar-refractivity contribution in [2.45, 2.75) is 44.4 Å². The molecule has 2 rings (SSSR count). The molecule has 0 N–H and O–H groups in total. The van der Waals surface area contributed by atoms with Gasteiger partial charge in [0.1, 0.15) is 6.17 Å². The summed E-state index contributed by atoms with van der Waals surface area (Å²) >= 11 is 0. The minimum Gasteiger partial charge on any atom is -0.295 e. The molecule has 58 valence electrons. The fourth-order valence-corrected chi connectivity index (χ4v) is 2.31. The molecule has 0 aliphatic carbocycles. The van der Waals surface area contributed by atoms with Gasteiger partial charge in [0.05, 0.1) is 0 Å². The highest BCUT2D eigenvalue weighted by Gasteiger charge is 2.40. The smallest absolute Gasteiger partial charge is 0.117 e. The van der Waals surface area contributed by atoms with Crippen LogP contribution in [-0.2, 0) is 0 Å². The van der Waals surface area contributed by atoms with Gasteiger partial charge in [0.15, 0.2) is 0 Å². The first-order valence-electron chi connectivity index (χ1n) is 4.19. The molecule has 2 heteroatoms. The van der Waals surface area contributed by atoms with Crippen LogP contribution < -0.4 is 0 Å². The summed E-state index contributed by atoms with van der Waals surface area (Å²) in [5.41, 5.74) is 0. The van der Waals surface area contributed by atoms with E-state index in [1.807, 2.05) is 6.92 Å². The standard InChI is InChI=1S/C8H14FN/c1-6-8(9)5-7-3-2-4-10(6)7/h6-8H,2-5H2,1H3. The van der Waals surface area contributed by atoms with Gasteiger partial charge < -0.3 is 0 Å². The molecule has 0 aromatic carbocycles. The van der Waals surface area contributed by atoms with Gasteiger partial charge in [-0.25, -0.2) is 4.39 Å². The topological polar surface area (TPSA) is 3.24 Å². The summed E-state index contributed by atoms with van der Waals surface area (Å²) in [6, 6.07) is 0.789. The number of halogens is 1. The summed E-state index contributed by atoms with van der Waals surface area (Å²) in [4.78, 5) is 2.32. The molecule has 1 nitrogen and oxygen atoms in total. The zero-order valence-electron chi connectivity index (χ0n) is 6.39. The molecule has 0 bridgehead atoms. The van der Waals surface area contributed by atoms with Gasteiger partial charge in [-0.05, 0) is 32.7 Å². The number of hydrogen-bond acceptors (Lipinski definition) is 1. The Morgan fingerprint density at radius 3 is 3.00 bits per heavy atom. The summed E-state index contributed by atoms with van der Waals surface area (Å²) in [6.07, 6.45) is 2.75. The lowest BCUT2D eigenvalue weighted by Gasteiger charge is -2.19. The molecule has 0 radical (unpaired) electrons. The fraction of sp³-hybridized carbons (Fsp3) is 1.00. The van der Waals surface area contributed by atoms with Crippen LogP contribution in [0.3, 0.4) is 0 Å². The lowest BCUT2D eigenvalue weighted by Crippen LogP contribution is -2.31. The van der Waals surface area contributed by atoms with E-state index in [0.29, 0.717) is 6.04 Å². The maximum absolute atomic E-state index is 13.0. The summed E-state index contributed by atoms with van der Waals surface area (Å²) in [6.45, 7) is 3.14. The van der Waals surface area contributed by atoms with Crippen LogP contribution in [0.4, 0.5) is 4.39 Å². The molecule has 3 unspecified atom stereocenters. The van der Waals surface area contributed by atoms with Crippen molar-refractivity contribution in [3.63, 3.8) is 0 Å². The zero-order chi connectivity index (χ0) is 7.14. The third-order valence-electron chi connectivity index (χ3n) is 2.97. The molecule has 2 fully saturated rings. The zero-order valence-corrected chi connectivity index (χ0v) is 6.39. The second kappa shape index (κ2) is 2.19. The van der Waals surface area contributed by atoms with Crippen molar-refractivity contribution in [2.75, 3.05) is 6.54 Å². The van der Waals surface area contributed by atoms with E-state index >= 15 is 0 Å². The number of hydrogen-bond donors (Lipinski definition) is 0. The van der Waals surface area contributed by atoms with Gasteiger partial charge in [-0.1, -0.05) is 0 Å². The molecule has 0 aromatic heterocycles. The van der Waals surface area contributed by atoms with Gasteiger partial charge >= 0.3 is 0 Å². The lowest BCUT2D eigenvalue weighted by molar-refractivity contribution is 0.210. The number of alkyl halides is 1. The van der Waals surface area contributed by atoms with Crippen molar-refractivity contribution >= 4 is 0 Å². The predicted molar refractivity (Wildman–Crippen MR) is 38.7 cm³/mol. The first kappa shape index (κ1) is 6.59. The van der Waals surface area contributed by atoms with E-state index in [1.54, 1.807) is 0 Å². The van der Waals surface area contributed by atoms with Gasteiger partial charge in [0.2, 0.25) is 0 Å². The van der Waals surface area contributed by atoms with E-state index in [1.165, 1.54) is 12.8 Å². The summed E-state index contributed by atoms with van der Waals surface area (Å²) in [5, 5.41) is 0. The highest BCUT2D eigenvalue weighted by Crippen LogP contribution is 2.33. The molecule has 2 aliphatic rings. The minimum atomic E-state index is -0.551. The molecular weight excluding hydrogens is 129 g/mol. The Kier molecular flexibility index (Phi) is 1.44. The Hall–Kier alpha value is -0.110. The molecule has 0 saturated carbocycles. The number of nitrogens with zero attached hydrogens (tertiary/aromatic N) is 1. The van der Waals surface area contributed by atoms with Crippen LogP contribution in [0.2, 0.25) is 0 Å². The summed E-state index contributed by atoms with van der Waals surface area (Å²) < 4.78 is 13.0. The number of fused-ring (bicyclic) bond motifs is 1. The molecule has 3 atom stereocenters. The quantitative estimate of drug-likeness (QED) is 0.497. The number of rotatable bonds is 0. The van der Waals surface area contributed by atoms with Gasteiger partial charge in [0.25, 0.3) is 0 Å². The molecule has 0 aromatic rings. The van der Waals surface area contributed by atoms with Crippen LogP contribution in [0, 0.1) is 0 Å². The Morgan fingerprint density at radius 1 is 1.50 bits per heavy atom. The first-order chi connectivity index (χ1) is 4.79. The normalized spacial score (nSPS) is 48.0. The third kappa shape index (κ3) is 0.782. The molecule has 2 saturated heterocycles. The van der Waals surface area contributed by atoms with E-state index in [0.717, 1.165) is 13.0 Å². The maximum Gasteiger partial charge on any atom is 0.117 e. The molecule has 2 aliphatic heterocycles. The lowest BCUT2D eigenvalue weighted by atomic mass is 10.1. The second-order valence-corrected chi connectivity index (χ2v) is 3.53. The van der Waals surface area contributed by atoms with Crippen molar-refractivity contribution in [1.29, 1.82) is 0 Å². The Labute approximate surface area is 61.2 Å². The van der Waals surface area contributed by atoms with Crippen LogP contribution in [0.1, 0.15) is 26.2 Å². The van der Waals surface area contributed by atoms with Crippen LogP contribution >= 0.6 is 0 Å². The Bertz CT molecular complexity index is 135. The van der Waals surface area contributed by atoms with E-state index in [2.05, 4.69) is 4.90 Å². The maximum atomic E-state index is 13.0. The highest BCUT2D eigenvalue weighted by atomic mass is 19.1. The minimum absolute atomic E-state index is 0.201. The molecule has 2 heterocycles. The van der Waals surface area contributed by atoms with E-state index in [-0.39, 0.29) is 6.04 Å². The summed E-state index contributed by atoms with van der Waals surface area (Å²) in [7, 11) is 0. The van der Waals surface area contributed by atoms with Gasteiger partial charge in [-0.15, -0.1) is 0 Å². The monoisotopic (exact) mass is 143 g/mol. The van der Waals surface area contributed by atoms with E-state index < -0.39 is 6.17 Å². The van der Waals surface area contributed by atoms with E-state index in [4.69, 9.17) is 0 Å². The third-order valence-corrected chi connectivity index (χ3v) is 2.97. The highest BCUT2D eigenvalue weighted by molar-refractivity contribution is 4.95. The van der Waals surface area contributed by atoms with Crippen LogP contribution in [0.15, 0.2) is 0 Å². The van der Waals surface area contributed by atoms with Crippen LogP contribution in [0.5, 0.6) is 0 Å². The van der Waals surface area contributed by atoms with Crippen molar-refractivity contribution in [3.05, 3.63) is 0 Å². The fourth-order valence-electron chi connectivity index (χ4n) is 2.31. The van der Waals surface area contributed by atoms with Gasteiger partial charge in [-0.3, -0.25) is 4.90 Å². The van der Waals surface area contributed by atoms with Crippen LogP contribution in [-0.4, -0.2) is 29.7 Å². The SMILES string of the molecule is CC1C(F)CC2CCCN21. The largest absolute Gasteiger partial charge is 0.295 e. The van der Waals surface area contributed by atoms with Crippen molar-refractivity contribution in [2.24, 2.45) is 0 Å². The van der Waals surface area contributed by atoms with Crippen LogP contribution in [0.25, 0.3) is 0 Å². The van der Waals surface area contributed by atoms with Crippen molar-refractivity contribution < 1.29 is 4.39 Å². The Morgan fingerprint density at radius 2 is 2.30 bits per heavy atom. The average Bonchev–Trinajstić information content (AvgIpc) is 2.41. The first-order valence-corrected chi connectivity index (χ1v) is 4.19. The van der Waals surface area contributed by atoms with E-state index in [9.17, 15) is 4.39 Å². The Balaban J connectivity index is 2.09. The average molecular weight is 143 g/mol. The van der Waals surface area contributed by atoms with Gasteiger partial charge in [-0.2, -0.15) is 0 Å². The predicted octanol–water partition coefficient (Wildman–Crippen LogP) is 1.58. The molecule has 0 spiro atoms. The molecule has 10 heavy (non-hydrogen) atoms. The van der Waals surface area contributed by atoms with Gasteiger partial charge in [0, 0.05) is 12.1 Å². The second-order valence-electron chi connectivity index (χ2n) is 3.53. The van der Waals surface area contributed by atoms with Crippen molar-refractivity contribution in [3.8, 4) is 0 Å². The van der Waals surface area contributed by atoms with Crippen molar-refractivity contribution in [1.82, 2.24) is 4.90 Å². The molecule has 0 amide bonds. The summed E-state index contributed by atoms with van der Waals surface area (Å²) in [5.74, 6) is 0.